The molecule has 5 nitrogen and oxygen atoms in total. The Morgan fingerprint density at radius 3 is 2.80 bits per heavy atom. The zero-order valence-corrected chi connectivity index (χ0v) is 8.32. The van der Waals surface area contributed by atoms with E-state index < -0.39 is 11.8 Å². The molecule has 0 aliphatic rings. The fourth-order valence-electron chi connectivity index (χ4n) is 1.06. The molecule has 1 aromatic rings. The van der Waals surface area contributed by atoms with Crippen LogP contribution >= 0.6 is 0 Å². The Bertz CT molecular complexity index is 377. The largest absolute Gasteiger partial charge is 0.497 e. The summed E-state index contributed by atoms with van der Waals surface area (Å²) in [5.74, 6) is -0.460. The first-order chi connectivity index (χ1) is 7.11. The van der Waals surface area contributed by atoms with Gasteiger partial charge in [0, 0.05) is 11.8 Å². The van der Waals surface area contributed by atoms with Crippen molar-refractivity contribution in [1.29, 1.82) is 0 Å². The van der Waals surface area contributed by atoms with Crippen LogP contribution in [-0.2, 0) is 9.59 Å². The molecule has 0 heterocycles. The molecule has 0 saturated heterocycles. The van der Waals surface area contributed by atoms with Crippen molar-refractivity contribution in [2.24, 2.45) is 5.73 Å². The van der Waals surface area contributed by atoms with E-state index in [0.29, 0.717) is 11.4 Å². The maximum Gasteiger partial charge on any atom is 0.233 e. The molecule has 1 aromatic carbocycles. The van der Waals surface area contributed by atoms with Crippen molar-refractivity contribution in [3.05, 3.63) is 24.3 Å². The number of hydrogen-bond donors (Lipinski definition) is 2. The molecule has 0 unspecified atom stereocenters. The van der Waals surface area contributed by atoms with Gasteiger partial charge >= 0.3 is 0 Å². The number of primary amides is 1. The Balaban J connectivity index is 2.63. The zero-order valence-electron chi connectivity index (χ0n) is 8.32. The molecule has 2 amide bonds. The molecule has 0 spiro atoms. The minimum atomic E-state index is -0.657. The summed E-state index contributed by atoms with van der Waals surface area (Å²) in [6.07, 6.45) is -0.322. The number of methoxy groups -OCH3 is 1. The van der Waals surface area contributed by atoms with Crippen molar-refractivity contribution in [2.45, 2.75) is 6.42 Å². The lowest BCUT2D eigenvalue weighted by Crippen LogP contribution is -2.21. The number of amides is 2. The molecule has 0 saturated carbocycles. The highest BCUT2D eigenvalue weighted by Crippen LogP contribution is 2.16. The maximum atomic E-state index is 11.2. The van der Waals surface area contributed by atoms with Crippen LogP contribution in [0.5, 0.6) is 5.75 Å². The average Bonchev–Trinajstić information content (AvgIpc) is 2.16. The van der Waals surface area contributed by atoms with E-state index in [0.717, 1.165) is 0 Å². The molecule has 0 fully saturated rings. The van der Waals surface area contributed by atoms with Crippen LogP contribution in [0.1, 0.15) is 6.42 Å². The summed E-state index contributed by atoms with van der Waals surface area (Å²) in [6, 6.07) is 6.84. The second kappa shape index (κ2) is 4.99. The summed E-state index contributed by atoms with van der Waals surface area (Å²) < 4.78 is 4.97. The van der Waals surface area contributed by atoms with Gasteiger partial charge in [0.25, 0.3) is 0 Å². The van der Waals surface area contributed by atoms with Crippen molar-refractivity contribution < 1.29 is 14.3 Å². The third-order valence-electron chi connectivity index (χ3n) is 1.69. The van der Waals surface area contributed by atoms with Crippen molar-refractivity contribution in [2.75, 3.05) is 12.4 Å². The number of rotatable bonds is 4. The van der Waals surface area contributed by atoms with E-state index in [9.17, 15) is 9.59 Å². The predicted molar refractivity (Wildman–Crippen MR) is 55.4 cm³/mol. The molecule has 0 aliphatic carbocycles. The SMILES string of the molecule is COc1cccc(NC(=O)CC(N)=O)c1. The summed E-state index contributed by atoms with van der Waals surface area (Å²) in [5.41, 5.74) is 5.45. The van der Waals surface area contributed by atoms with Crippen molar-refractivity contribution in [3.63, 3.8) is 0 Å². The van der Waals surface area contributed by atoms with E-state index in [2.05, 4.69) is 5.32 Å². The summed E-state index contributed by atoms with van der Waals surface area (Å²) >= 11 is 0. The molecule has 3 N–H and O–H groups in total. The molecule has 15 heavy (non-hydrogen) atoms. The number of nitrogens with one attached hydrogen (secondary N) is 1. The highest BCUT2D eigenvalue weighted by atomic mass is 16.5. The van der Waals surface area contributed by atoms with Crippen LogP contribution in [0.15, 0.2) is 24.3 Å². The van der Waals surface area contributed by atoms with E-state index in [1.165, 1.54) is 7.11 Å². The van der Waals surface area contributed by atoms with Crippen molar-refractivity contribution >= 4 is 17.5 Å². The first-order valence-corrected chi connectivity index (χ1v) is 4.34. The van der Waals surface area contributed by atoms with Gasteiger partial charge in [-0.15, -0.1) is 0 Å². The van der Waals surface area contributed by atoms with Crippen molar-refractivity contribution in [3.8, 4) is 5.75 Å². The van der Waals surface area contributed by atoms with Crippen LogP contribution < -0.4 is 15.8 Å². The van der Waals surface area contributed by atoms with Gasteiger partial charge in [0.1, 0.15) is 12.2 Å². The number of ether oxygens (including phenoxy) is 1. The molecule has 1 rings (SSSR count). The molecular weight excluding hydrogens is 196 g/mol. The lowest BCUT2D eigenvalue weighted by atomic mass is 10.3. The Morgan fingerprint density at radius 1 is 1.47 bits per heavy atom. The molecule has 0 aliphatic heterocycles. The molecule has 0 bridgehead atoms. The van der Waals surface area contributed by atoms with Gasteiger partial charge in [0.15, 0.2) is 0 Å². The maximum absolute atomic E-state index is 11.2. The summed E-state index contributed by atoms with van der Waals surface area (Å²) in [6.45, 7) is 0. The van der Waals surface area contributed by atoms with Gasteiger partial charge in [-0.1, -0.05) is 6.07 Å². The highest BCUT2D eigenvalue weighted by Gasteiger charge is 2.06. The third-order valence-corrected chi connectivity index (χ3v) is 1.69. The van der Waals surface area contributed by atoms with E-state index in [1.54, 1.807) is 24.3 Å². The van der Waals surface area contributed by atoms with Crippen LogP contribution in [0.3, 0.4) is 0 Å². The van der Waals surface area contributed by atoms with Gasteiger partial charge in [-0.25, -0.2) is 0 Å². The molecule has 80 valence electrons. The quantitative estimate of drug-likeness (QED) is 0.707. The lowest BCUT2D eigenvalue weighted by molar-refractivity contribution is -0.124. The van der Waals surface area contributed by atoms with Crippen LogP contribution in [0.4, 0.5) is 5.69 Å². The topological polar surface area (TPSA) is 81.4 Å². The number of benzene rings is 1. The zero-order chi connectivity index (χ0) is 11.3. The van der Waals surface area contributed by atoms with Gasteiger partial charge in [0.2, 0.25) is 11.8 Å². The molecular formula is C10H12N2O3. The molecule has 0 atom stereocenters. The Hall–Kier alpha value is -2.04. The summed E-state index contributed by atoms with van der Waals surface area (Å²) in [4.78, 5) is 21.6. The standard InChI is InChI=1S/C10H12N2O3/c1-15-8-4-2-3-7(5-8)12-10(14)6-9(11)13/h2-5H,6H2,1H3,(H2,11,13)(H,12,14). The van der Waals surface area contributed by atoms with Crippen LogP contribution in [0.25, 0.3) is 0 Å². The number of hydrogen-bond acceptors (Lipinski definition) is 3. The number of carbonyl (C=O) groups excluding carboxylic acids is 2. The van der Waals surface area contributed by atoms with Gasteiger partial charge in [-0.2, -0.15) is 0 Å². The number of nitrogens with two attached hydrogens (primary N) is 1. The lowest BCUT2D eigenvalue weighted by Gasteiger charge is -2.05. The van der Waals surface area contributed by atoms with Crippen LogP contribution in [0, 0.1) is 0 Å². The van der Waals surface area contributed by atoms with Gasteiger partial charge in [-0.05, 0) is 12.1 Å². The summed E-state index contributed by atoms with van der Waals surface area (Å²) in [7, 11) is 1.53. The van der Waals surface area contributed by atoms with E-state index >= 15 is 0 Å². The van der Waals surface area contributed by atoms with Crippen LogP contribution in [0.2, 0.25) is 0 Å². The van der Waals surface area contributed by atoms with Gasteiger partial charge < -0.3 is 15.8 Å². The molecule has 0 radical (unpaired) electrons. The fourth-order valence-corrected chi connectivity index (χ4v) is 1.06. The van der Waals surface area contributed by atoms with Crippen molar-refractivity contribution in [1.82, 2.24) is 0 Å². The fraction of sp³-hybridized carbons (Fsp3) is 0.200. The first-order valence-electron chi connectivity index (χ1n) is 4.34. The second-order valence-electron chi connectivity index (χ2n) is 2.92. The first kappa shape index (κ1) is 11.0. The van der Waals surface area contributed by atoms with Crippen LogP contribution in [-0.4, -0.2) is 18.9 Å². The van der Waals surface area contributed by atoms with Gasteiger partial charge in [-0.3, -0.25) is 9.59 Å². The van der Waals surface area contributed by atoms with Gasteiger partial charge in [0.05, 0.1) is 7.11 Å². The molecule has 0 aromatic heterocycles. The highest BCUT2D eigenvalue weighted by molar-refractivity contribution is 6.03. The Kier molecular flexibility index (Phi) is 3.68. The number of anilines is 1. The monoisotopic (exact) mass is 208 g/mol. The smallest absolute Gasteiger partial charge is 0.233 e. The third kappa shape index (κ3) is 3.68. The number of carbonyl (C=O) groups is 2. The minimum absolute atomic E-state index is 0.322. The average molecular weight is 208 g/mol. The predicted octanol–water partition coefficient (Wildman–Crippen LogP) is 0.509. The molecule has 5 heteroatoms. The Morgan fingerprint density at radius 2 is 2.20 bits per heavy atom. The Labute approximate surface area is 87.2 Å². The van der Waals surface area contributed by atoms with E-state index in [1.807, 2.05) is 0 Å². The van der Waals surface area contributed by atoms with E-state index in [4.69, 9.17) is 10.5 Å². The second-order valence-corrected chi connectivity index (χ2v) is 2.92. The van der Waals surface area contributed by atoms with E-state index in [-0.39, 0.29) is 6.42 Å². The summed E-state index contributed by atoms with van der Waals surface area (Å²) in [5, 5.41) is 2.53. The minimum Gasteiger partial charge on any atom is -0.497 e. The normalized spacial score (nSPS) is 9.40.